The zero-order valence-corrected chi connectivity index (χ0v) is 9.34. The maximum atomic E-state index is 8.93. The molecule has 0 bridgehead atoms. The number of hydrogen-bond acceptors (Lipinski definition) is 2. The molecular formula is C13H11NS. The number of benzene rings is 1. The van der Waals surface area contributed by atoms with Crippen LogP contribution in [0, 0.1) is 11.3 Å². The summed E-state index contributed by atoms with van der Waals surface area (Å²) < 4.78 is 0. The van der Waals surface area contributed by atoms with E-state index in [4.69, 9.17) is 5.26 Å². The largest absolute Gasteiger partial charge is 0.192 e. The minimum atomic E-state index is 0.768. The van der Waals surface area contributed by atoms with Crippen LogP contribution in [-0.4, -0.2) is 0 Å². The van der Waals surface area contributed by atoms with Crippen LogP contribution in [-0.2, 0) is 6.42 Å². The highest BCUT2D eigenvalue weighted by Gasteiger charge is 2.05. The predicted octanol–water partition coefficient (Wildman–Crippen LogP) is 3.85. The molecule has 2 heteroatoms. The molecule has 0 spiro atoms. The van der Waals surface area contributed by atoms with Crippen molar-refractivity contribution in [2.24, 2.45) is 0 Å². The predicted molar refractivity (Wildman–Crippen MR) is 63.8 cm³/mol. The Kier molecular flexibility index (Phi) is 2.84. The molecule has 1 nitrogen and oxygen atoms in total. The van der Waals surface area contributed by atoms with Gasteiger partial charge in [0.05, 0.1) is 10.4 Å². The third kappa shape index (κ3) is 1.93. The lowest BCUT2D eigenvalue weighted by Gasteiger charge is -2.00. The zero-order chi connectivity index (χ0) is 10.7. The zero-order valence-electron chi connectivity index (χ0n) is 8.53. The second-order valence-corrected chi connectivity index (χ2v) is 4.24. The highest BCUT2D eigenvalue weighted by Crippen LogP contribution is 2.29. The van der Waals surface area contributed by atoms with E-state index in [1.165, 1.54) is 5.56 Å². The van der Waals surface area contributed by atoms with Gasteiger partial charge in [-0.05, 0) is 29.0 Å². The summed E-state index contributed by atoms with van der Waals surface area (Å²) in [5.74, 6) is 0. The highest BCUT2D eigenvalue weighted by molar-refractivity contribution is 7.13. The fourth-order valence-corrected chi connectivity index (χ4v) is 2.37. The van der Waals surface area contributed by atoms with Crippen molar-refractivity contribution in [3.05, 3.63) is 46.8 Å². The fraction of sp³-hybridized carbons (Fsp3) is 0.154. The molecule has 0 aliphatic heterocycles. The normalized spacial score (nSPS) is 9.87. The molecule has 0 atom stereocenters. The summed E-state index contributed by atoms with van der Waals surface area (Å²) in [7, 11) is 0. The number of thiophene rings is 1. The first kappa shape index (κ1) is 9.95. The topological polar surface area (TPSA) is 23.8 Å². The molecule has 2 rings (SSSR count). The minimum absolute atomic E-state index is 0.768. The Balaban J connectivity index is 2.42. The lowest BCUT2D eigenvalue weighted by Crippen LogP contribution is -1.80. The van der Waals surface area contributed by atoms with E-state index in [0.29, 0.717) is 0 Å². The molecule has 1 heterocycles. The van der Waals surface area contributed by atoms with Gasteiger partial charge in [0.25, 0.3) is 0 Å². The number of nitrogens with zero attached hydrogens (tertiary/aromatic N) is 1. The average molecular weight is 213 g/mol. The second-order valence-electron chi connectivity index (χ2n) is 3.33. The Bertz CT molecular complexity index is 488. The lowest BCUT2D eigenvalue weighted by atomic mass is 10.1. The highest BCUT2D eigenvalue weighted by atomic mass is 32.1. The third-order valence-electron chi connectivity index (χ3n) is 2.41. The van der Waals surface area contributed by atoms with Gasteiger partial charge in [0.15, 0.2) is 0 Å². The van der Waals surface area contributed by atoms with E-state index in [9.17, 15) is 0 Å². The van der Waals surface area contributed by atoms with Gasteiger partial charge in [0.2, 0.25) is 0 Å². The van der Waals surface area contributed by atoms with E-state index in [2.05, 4.69) is 37.3 Å². The van der Waals surface area contributed by atoms with Crippen molar-refractivity contribution in [2.75, 3.05) is 0 Å². The molecule has 0 fully saturated rings. The molecule has 2 aromatic rings. The number of hydrogen-bond donors (Lipinski definition) is 0. The van der Waals surface area contributed by atoms with E-state index < -0.39 is 0 Å². The third-order valence-corrected chi connectivity index (χ3v) is 3.37. The molecule has 1 aromatic carbocycles. The molecule has 15 heavy (non-hydrogen) atoms. The Labute approximate surface area is 93.6 Å². The van der Waals surface area contributed by atoms with Gasteiger partial charge in [-0.3, -0.25) is 0 Å². The van der Waals surface area contributed by atoms with Gasteiger partial charge in [-0.1, -0.05) is 31.2 Å². The van der Waals surface area contributed by atoms with E-state index >= 15 is 0 Å². The molecule has 1 aromatic heterocycles. The summed E-state index contributed by atoms with van der Waals surface area (Å²) in [4.78, 5) is 1.07. The molecule has 0 aliphatic carbocycles. The van der Waals surface area contributed by atoms with Crippen LogP contribution in [0.2, 0.25) is 0 Å². The van der Waals surface area contributed by atoms with Crippen molar-refractivity contribution in [1.29, 1.82) is 5.26 Å². The average Bonchev–Trinajstić information content (AvgIpc) is 2.77. The summed E-state index contributed by atoms with van der Waals surface area (Å²) in [5.41, 5.74) is 3.23. The Morgan fingerprint density at radius 1 is 1.20 bits per heavy atom. The van der Waals surface area contributed by atoms with Gasteiger partial charge in [-0.15, -0.1) is 11.3 Å². The first-order valence-corrected chi connectivity index (χ1v) is 5.80. The van der Waals surface area contributed by atoms with Crippen LogP contribution in [0.25, 0.3) is 10.4 Å². The number of aryl methyl sites for hydroxylation is 1. The summed E-state index contributed by atoms with van der Waals surface area (Å²) in [6, 6.07) is 12.5. The number of rotatable bonds is 2. The summed E-state index contributed by atoms with van der Waals surface area (Å²) in [6.45, 7) is 2.14. The van der Waals surface area contributed by atoms with Crippen LogP contribution in [0.1, 0.15) is 18.1 Å². The maximum Gasteiger partial charge on any atom is 0.101 e. The SMILES string of the molecule is CCc1ccc(-c2sccc2C#N)cc1. The molecule has 0 amide bonds. The van der Waals surface area contributed by atoms with Crippen molar-refractivity contribution in [3.8, 4) is 16.5 Å². The smallest absolute Gasteiger partial charge is 0.101 e. The molecular weight excluding hydrogens is 202 g/mol. The standard InChI is InChI=1S/C13H11NS/c1-2-10-3-5-11(6-4-10)13-12(9-14)7-8-15-13/h3-8H,2H2,1H3. The van der Waals surface area contributed by atoms with Crippen LogP contribution >= 0.6 is 11.3 Å². The molecule has 0 N–H and O–H groups in total. The molecule has 0 unspecified atom stereocenters. The Morgan fingerprint density at radius 3 is 2.53 bits per heavy atom. The van der Waals surface area contributed by atoms with E-state index in [-0.39, 0.29) is 0 Å². The summed E-state index contributed by atoms with van der Waals surface area (Å²) in [6.07, 6.45) is 1.05. The van der Waals surface area contributed by atoms with Crippen molar-refractivity contribution in [1.82, 2.24) is 0 Å². The number of nitriles is 1. The first-order valence-electron chi connectivity index (χ1n) is 4.92. The lowest BCUT2D eigenvalue weighted by molar-refractivity contribution is 1.14. The quantitative estimate of drug-likeness (QED) is 0.743. The van der Waals surface area contributed by atoms with Gasteiger partial charge in [0.1, 0.15) is 6.07 Å². The molecule has 0 saturated carbocycles. The van der Waals surface area contributed by atoms with Gasteiger partial charge in [0, 0.05) is 0 Å². The summed E-state index contributed by atoms with van der Waals surface area (Å²) >= 11 is 1.62. The van der Waals surface area contributed by atoms with Crippen LogP contribution in [0.4, 0.5) is 0 Å². The maximum absolute atomic E-state index is 8.93. The van der Waals surface area contributed by atoms with Gasteiger partial charge in [-0.2, -0.15) is 5.26 Å². The minimum Gasteiger partial charge on any atom is -0.192 e. The van der Waals surface area contributed by atoms with Crippen molar-refractivity contribution < 1.29 is 0 Å². The van der Waals surface area contributed by atoms with Crippen molar-refractivity contribution in [3.63, 3.8) is 0 Å². The van der Waals surface area contributed by atoms with Crippen LogP contribution in [0.15, 0.2) is 35.7 Å². The fourth-order valence-electron chi connectivity index (χ4n) is 1.51. The Morgan fingerprint density at radius 2 is 1.93 bits per heavy atom. The van der Waals surface area contributed by atoms with Gasteiger partial charge in [-0.25, -0.2) is 0 Å². The van der Waals surface area contributed by atoms with Gasteiger partial charge < -0.3 is 0 Å². The van der Waals surface area contributed by atoms with Crippen molar-refractivity contribution >= 4 is 11.3 Å². The van der Waals surface area contributed by atoms with Crippen LogP contribution in [0.5, 0.6) is 0 Å². The molecule has 0 saturated heterocycles. The van der Waals surface area contributed by atoms with Gasteiger partial charge >= 0.3 is 0 Å². The summed E-state index contributed by atoms with van der Waals surface area (Å²) in [5, 5.41) is 10.9. The molecule has 0 aliphatic rings. The van der Waals surface area contributed by atoms with E-state index in [1.54, 1.807) is 11.3 Å². The van der Waals surface area contributed by atoms with Crippen molar-refractivity contribution in [2.45, 2.75) is 13.3 Å². The molecule has 74 valence electrons. The second kappa shape index (κ2) is 4.29. The van der Waals surface area contributed by atoms with Crippen LogP contribution in [0.3, 0.4) is 0 Å². The monoisotopic (exact) mass is 213 g/mol. The van der Waals surface area contributed by atoms with E-state index in [0.717, 1.165) is 22.4 Å². The molecule has 0 radical (unpaired) electrons. The van der Waals surface area contributed by atoms with Crippen LogP contribution < -0.4 is 0 Å². The first-order chi connectivity index (χ1) is 7.35. The van der Waals surface area contributed by atoms with E-state index in [1.807, 2.05) is 11.4 Å². The Hall–Kier alpha value is -1.59.